The SMILES string of the molecule is CCn1c(C(C)NCC(C)(O)c2ccsc2)nc2ccccc21. The molecule has 0 bridgehead atoms. The van der Waals surface area contributed by atoms with Crippen molar-refractivity contribution in [2.45, 2.75) is 39.0 Å². The highest BCUT2D eigenvalue weighted by molar-refractivity contribution is 7.08. The quantitative estimate of drug-likeness (QED) is 0.725. The fourth-order valence-electron chi connectivity index (χ4n) is 2.87. The van der Waals surface area contributed by atoms with Crippen molar-refractivity contribution in [1.29, 1.82) is 0 Å². The molecule has 0 amide bonds. The zero-order valence-electron chi connectivity index (χ0n) is 13.8. The monoisotopic (exact) mass is 329 g/mol. The first-order valence-corrected chi connectivity index (χ1v) is 8.91. The molecule has 3 rings (SSSR count). The number of benzene rings is 1. The molecule has 122 valence electrons. The molecule has 2 atom stereocenters. The van der Waals surface area contributed by atoms with Crippen LogP contribution in [0.25, 0.3) is 11.0 Å². The summed E-state index contributed by atoms with van der Waals surface area (Å²) >= 11 is 1.60. The standard InChI is InChI=1S/C18H23N3OS/c1-4-21-16-8-6-5-7-15(16)20-17(21)13(2)19-12-18(3,22)14-9-10-23-11-14/h5-11,13,19,22H,4,12H2,1-3H3. The number of aryl methyl sites for hydroxylation is 1. The third-order valence-electron chi connectivity index (χ3n) is 4.28. The van der Waals surface area contributed by atoms with E-state index in [4.69, 9.17) is 4.98 Å². The van der Waals surface area contributed by atoms with Gasteiger partial charge in [-0.05, 0) is 55.3 Å². The maximum atomic E-state index is 10.7. The number of thiophene rings is 1. The van der Waals surface area contributed by atoms with Crippen LogP contribution in [-0.4, -0.2) is 21.2 Å². The molecule has 1 aromatic carbocycles. The fraction of sp³-hybridized carbons (Fsp3) is 0.389. The number of imidazole rings is 1. The molecule has 0 fully saturated rings. The van der Waals surface area contributed by atoms with E-state index in [0.717, 1.165) is 29.0 Å². The van der Waals surface area contributed by atoms with Crippen LogP contribution in [0.2, 0.25) is 0 Å². The number of para-hydroxylation sites is 2. The maximum absolute atomic E-state index is 10.7. The van der Waals surface area contributed by atoms with Crippen LogP contribution >= 0.6 is 11.3 Å². The van der Waals surface area contributed by atoms with Gasteiger partial charge in [0.05, 0.1) is 17.1 Å². The van der Waals surface area contributed by atoms with Gasteiger partial charge in [-0.25, -0.2) is 4.98 Å². The van der Waals surface area contributed by atoms with Crippen molar-refractivity contribution in [3.05, 3.63) is 52.5 Å². The minimum absolute atomic E-state index is 0.0625. The molecule has 0 spiro atoms. The highest BCUT2D eigenvalue weighted by atomic mass is 32.1. The normalized spacial score (nSPS) is 15.7. The molecule has 0 aliphatic carbocycles. The predicted octanol–water partition coefficient (Wildman–Crippen LogP) is 3.68. The van der Waals surface area contributed by atoms with Gasteiger partial charge in [0.1, 0.15) is 11.4 Å². The van der Waals surface area contributed by atoms with E-state index >= 15 is 0 Å². The Morgan fingerprint density at radius 1 is 1.35 bits per heavy atom. The summed E-state index contributed by atoms with van der Waals surface area (Å²) in [5, 5.41) is 18.1. The third kappa shape index (κ3) is 3.17. The van der Waals surface area contributed by atoms with E-state index in [2.05, 4.69) is 29.8 Å². The lowest BCUT2D eigenvalue weighted by atomic mass is 9.99. The molecule has 2 heterocycles. The summed E-state index contributed by atoms with van der Waals surface area (Å²) in [6.45, 7) is 7.43. The molecule has 0 aliphatic heterocycles. The maximum Gasteiger partial charge on any atom is 0.126 e. The molecular formula is C18H23N3OS. The van der Waals surface area contributed by atoms with Gasteiger partial charge < -0.3 is 15.0 Å². The van der Waals surface area contributed by atoms with E-state index in [1.807, 2.05) is 41.9 Å². The van der Waals surface area contributed by atoms with Gasteiger partial charge in [0.25, 0.3) is 0 Å². The van der Waals surface area contributed by atoms with Crippen molar-refractivity contribution in [2.24, 2.45) is 0 Å². The summed E-state index contributed by atoms with van der Waals surface area (Å²) < 4.78 is 2.23. The second-order valence-corrected chi connectivity index (χ2v) is 6.87. The summed E-state index contributed by atoms with van der Waals surface area (Å²) in [5.41, 5.74) is 2.24. The van der Waals surface area contributed by atoms with Gasteiger partial charge >= 0.3 is 0 Å². The number of hydrogen-bond acceptors (Lipinski definition) is 4. The van der Waals surface area contributed by atoms with Crippen molar-refractivity contribution in [1.82, 2.24) is 14.9 Å². The van der Waals surface area contributed by atoms with Crippen molar-refractivity contribution < 1.29 is 5.11 Å². The Kier molecular flexibility index (Phi) is 4.53. The van der Waals surface area contributed by atoms with Crippen molar-refractivity contribution >= 4 is 22.4 Å². The van der Waals surface area contributed by atoms with E-state index in [1.54, 1.807) is 11.3 Å². The average molecular weight is 329 g/mol. The summed E-state index contributed by atoms with van der Waals surface area (Å²) in [7, 11) is 0. The average Bonchev–Trinajstić information content (AvgIpc) is 3.20. The number of rotatable bonds is 6. The molecule has 4 nitrogen and oxygen atoms in total. The lowest BCUT2D eigenvalue weighted by Gasteiger charge is -2.25. The smallest absolute Gasteiger partial charge is 0.126 e. The number of aliphatic hydroxyl groups is 1. The van der Waals surface area contributed by atoms with Gasteiger partial charge in [0, 0.05) is 13.1 Å². The second kappa shape index (κ2) is 6.43. The van der Waals surface area contributed by atoms with Crippen LogP contribution in [0.5, 0.6) is 0 Å². The lowest BCUT2D eigenvalue weighted by molar-refractivity contribution is 0.0544. The summed E-state index contributed by atoms with van der Waals surface area (Å²) in [4.78, 5) is 4.77. The highest BCUT2D eigenvalue weighted by Crippen LogP contribution is 2.24. The van der Waals surface area contributed by atoms with E-state index in [1.165, 1.54) is 0 Å². The number of fused-ring (bicyclic) bond motifs is 1. The Labute approximate surface area is 140 Å². The van der Waals surface area contributed by atoms with Crippen molar-refractivity contribution in [2.75, 3.05) is 6.54 Å². The Morgan fingerprint density at radius 2 is 2.13 bits per heavy atom. The van der Waals surface area contributed by atoms with Crippen LogP contribution in [0.15, 0.2) is 41.1 Å². The molecule has 5 heteroatoms. The predicted molar refractivity (Wildman–Crippen MR) is 95.7 cm³/mol. The minimum Gasteiger partial charge on any atom is -0.384 e. The van der Waals surface area contributed by atoms with Gasteiger partial charge in [-0.3, -0.25) is 0 Å². The summed E-state index contributed by atoms with van der Waals surface area (Å²) in [6, 6.07) is 10.2. The molecule has 23 heavy (non-hydrogen) atoms. The Balaban J connectivity index is 1.80. The summed E-state index contributed by atoms with van der Waals surface area (Å²) in [5.74, 6) is 1.01. The fourth-order valence-corrected chi connectivity index (χ4v) is 3.66. The van der Waals surface area contributed by atoms with Crippen LogP contribution < -0.4 is 5.32 Å². The Morgan fingerprint density at radius 3 is 2.83 bits per heavy atom. The molecule has 2 unspecified atom stereocenters. The van der Waals surface area contributed by atoms with Crippen LogP contribution in [0.3, 0.4) is 0 Å². The first-order valence-electron chi connectivity index (χ1n) is 7.96. The first-order chi connectivity index (χ1) is 11.0. The molecule has 0 radical (unpaired) electrons. The highest BCUT2D eigenvalue weighted by Gasteiger charge is 2.25. The zero-order valence-corrected chi connectivity index (χ0v) is 14.6. The molecule has 2 N–H and O–H groups in total. The number of nitrogens with one attached hydrogen (secondary N) is 1. The van der Waals surface area contributed by atoms with E-state index in [9.17, 15) is 5.11 Å². The zero-order chi connectivity index (χ0) is 16.4. The topological polar surface area (TPSA) is 50.1 Å². The van der Waals surface area contributed by atoms with E-state index in [-0.39, 0.29) is 6.04 Å². The minimum atomic E-state index is -0.878. The van der Waals surface area contributed by atoms with E-state index in [0.29, 0.717) is 6.54 Å². The Bertz CT molecular complexity index is 777. The van der Waals surface area contributed by atoms with Gasteiger partial charge in [0.15, 0.2) is 0 Å². The van der Waals surface area contributed by atoms with Crippen molar-refractivity contribution in [3.63, 3.8) is 0 Å². The second-order valence-electron chi connectivity index (χ2n) is 6.09. The van der Waals surface area contributed by atoms with Gasteiger partial charge in [-0.1, -0.05) is 12.1 Å². The van der Waals surface area contributed by atoms with Gasteiger partial charge in [-0.15, -0.1) is 0 Å². The van der Waals surface area contributed by atoms with Crippen LogP contribution in [-0.2, 0) is 12.1 Å². The Hall–Kier alpha value is -1.69. The van der Waals surface area contributed by atoms with Crippen LogP contribution in [0.1, 0.15) is 38.2 Å². The lowest BCUT2D eigenvalue weighted by Crippen LogP contribution is -2.37. The van der Waals surface area contributed by atoms with Crippen LogP contribution in [0.4, 0.5) is 0 Å². The molecule has 3 aromatic rings. The van der Waals surface area contributed by atoms with Crippen LogP contribution in [0, 0.1) is 0 Å². The largest absolute Gasteiger partial charge is 0.384 e. The third-order valence-corrected chi connectivity index (χ3v) is 4.97. The molecule has 0 saturated heterocycles. The molecule has 0 aliphatic rings. The van der Waals surface area contributed by atoms with E-state index < -0.39 is 5.60 Å². The first kappa shape index (κ1) is 16.2. The number of hydrogen-bond donors (Lipinski definition) is 2. The molecule has 2 aromatic heterocycles. The van der Waals surface area contributed by atoms with Crippen molar-refractivity contribution in [3.8, 4) is 0 Å². The number of nitrogens with zero attached hydrogens (tertiary/aromatic N) is 2. The number of aromatic nitrogens is 2. The molecular weight excluding hydrogens is 306 g/mol. The van der Waals surface area contributed by atoms with Gasteiger partial charge in [0.2, 0.25) is 0 Å². The molecule has 0 saturated carbocycles. The summed E-state index contributed by atoms with van der Waals surface area (Å²) in [6.07, 6.45) is 0. The van der Waals surface area contributed by atoms with Gasteiger partial charge in [-0.2, -0.15) is 11.3 Å².